The maximum Gasteiger partial charge on any atom is 0.183 e. The molecule has 0 fully saturated rings. The van der Waals surface area contributed by atoms with E-state index in [2.05, 4.69) is 10.3 Å². The first-order valence-corrected chi connectivity index (χ1v) is 9.95. The number of nitrogens with zero attached hydrogens (tertiary/aromatic N) is 1. The molecule has 0 saturated carbocycles. The van der Waals surface area contributed by atoms with Crippen molar-refractivity contribution >= 4 is 44.1 Å². The summed E-state index contributed by atoms with van der Waals surface area (Å²) in [4.78, 5) is 4.73. The van der Waals surface area contributed by atoms with Crippen LogP contribution < -0.4 is 5.32 Å². The Morgan fingerprint density at radius 2 is 1.91 bits per heavy atom. The maximum atomic E-state index is 12.6. The van der Waals surface area contributed by atoms with Crippen LogP contribution in [0.5, 0.6) is 0 Å². The van der Waals surface area contributed by atoms with E-state index in [0.717, 1.165) is 5.69 Å². The summed E-state index contributed by atoms with van der Waals surface area (Å²) in [7, 11) is -3.34. The van der Waals surface area contributed by atoms with Crippen molar-refractivity contribution in [2.75, 3.05) is 17.6 Å². The van der Waals surface area contributed by atoms with Crippen LogP contribution >= 0.6 is 23.4 Å². The highest BCUT2D eigenvalue weighted by Gasteiger charge is 2.30. The Morgan fingerprint density at radius 1 is 1.13 bits per heavy atom. The zero-order valence-corrected chi connectivity index (χ0v) is 14.5. The van der Waals surface area contributed by atoms with Crippen LogP contribution in [0.15, 0.2) is 64.5 Å². The molecule has 0 bridgehead atoms. The van der Waals surface area contributed by atoms with E-state index in [1.807, 2.05) is 12.1 Å². The highest BCUT2D eigenvalue weighted by Crippen LogP contribution is 2.25. The number of rotatable bonds is 3. The van der Waals surface area contributed by atoms with Crippen LogP contribution in [0, 0.1) is 0 Å². The van der Waals surface area contributed by atoms with Gasteiger partial charge in [0, 0.05) is 16.5 Å². The van der Waals surface area contributed by atoms with Gasteiger partial charge < -0.3 is 5.32 Å². The van der Waals surface area contributed by atoms with Gasteiger partial charge in [-0.15, -0.1) is 0 Å². The monoisotopic (exact) mass is 366 g/mol. The summed E-state index contributed by atoms with van der Waals surface area (Å²) < 4.78 is 25.2. The summed E-state index contributed by atoms with van der Waals surface area (Å²) in [6.07, 6.45) is 0. The van der Waals surface area contributed by atoms with Gasteiger partial charge in [0.1, 0.15) is 0 Å². The lowest BCUT2D eigenvalue weighted by Gasteiger charge is -2.21. The first-order valence-electron chi connectivity index (χ1n) is 7.04. The van der Waals surface area contributed by atoms with Gasteiger partial charge >= 0.3 is 0 Å². The molecule has 1 atom stereocenters. The number of nitrogens with one attached hydrogen (secondary N) is 1. The summed E-state index contributed by atoms with van der Waals surface area (Å²) in [5.74, 6) is 0.476. The molecule has 0 aliphatic carbocycles. The lowest BCUT2D eigenvalue weighted by Crippen LogP contribution is -2.32. The van der Waals surface area contributed by atoms with Crippen LogP contribution in [0.1, 0.15) is 0 Å². The van der Waals surface area contributed by atoms with Gasteiger partial charge in [-0.25, -0.2) is 8.42 Å². The second kappa shape index (κ2) is 6.95. The Balaban J connectivity index is 1.71. The number of hydrogen-bond donors (Lipinski definition) is 1. The van der Waals surface area contributed by atoms with Crippen LogP contribution in [0.3, 0.4) is 0 Å². The van der Waals surface area contributed by atoms with Crippen LogP contribution in [-0.2, 0) is 9.84 Å². The number of aliphatic imine (C=N–C) groups is 1. The van der Waals surface area contributed by atoms with E-state index in [1.165, 1.54) is 11.8 Å². The van der Waals surface area contributed by atoms with Crippen molar-refractivity contribution in [3.8, 4) is 0 Å². The van der Waals surface area contributed by atoms with Gasteiger partial charge in [-0.1, -0.05) is 47.6 Å². The SMILES string of the molecule is O=S(=O)(c1ccccc1)C1CN=C(Nc2cccc(Cl)c2)SC1. The molecule has 1 aliphatic heterocycles. The fourth-order valence-electron chi connectivity index (χ4n) is 2.21. The average molecular weight is 367 g/mol. The van der Waals surface area contributed by atoms with Crippen LogP contribution in [0.4, 0.5) is 5.69 Å². The van der Waals surface area contributed by atoms with E-state index in [-0.39, 0.29) is 6.54 Å². The Labute approximate surface area is 144 Å². The minimum Gasteiger partial charge on any atom is -0.335 e. The van der Waals surface area contributed by atoms with Crippen LogP contribution in [0.2, 0.25) is 5.02 Å². The number of hydrogen-bond acceptors (Lipinski definition) is 5. The topological polar surface area (TPSA) is 58.5 Å². The predicted molar refractivity (Wildman–Crippen MR) is 97.3 cm³/mol. The lowest BCUT2D eigenvalue weighted by atomic mass is 10.3. The summed E-state index contributed by atoms with van der Waals surface area (Å²) >= 11 is 7.36. The largest absolute Gasteiger partial charge is 0.335 e. The van der Waals surface area contributed by atoms with Gasteiger partial charge in [-0.05, 0) is 30.3 Å². The fourth-order valence-corrected chi connectivity index (χ4v) is 5.32. The van der Waals surface area contributed by atoms with Gasteiger partial charge in [0.05, 0.1) is 16.7 Å². The van der Waals surface area contributed by atoms with Crippen molar-refractivity contribution in [3.05, 3.63) is 59.6 Å². The molecule has 4 nitrogen and oxygen atoms in total. The van der Waals surface area contributed by atoms with Gasteiger partial charge in [0.15, 0.2) is 15.0 Å². The average Bonchev–Trinajstić information content (AvgIpc) is 2.56. The highest BCUT2D eigenvalue weighted by atomic mass is 35.5. The zero-order valence-electron chi connectivity index (χ0n) is 12.1. The van der Waals surface area contributed by atoms with Crippen LogP contribution in [-0.4, -0.2) is 31.1 Å². The molecule has 1 unspecified atom stereocenters. The first kappa shape index (κ1) is 16.4. The summed E-state index contributed by atoms with van der Waals surface area (Å²) in [5, 5.41) is 4.02. The number of amidine groups is 1. The van der Waals surface area contributed by atoms with Crippen LogP contribution in [0.25, 0.3) is 0 Å². The number of thioether (sulfide) groups is 1. The molecule has 23 heavy (non-hydrogen) atoms. The predicted octanol–water partition coefficient (Wildman–Crippen LogP) is 3.70. The van der Waals surface area contributed by atoms with E-state index < -0.39 is 15.1 Å². The van der Waals surface area contributed by atoms with Crippen molar-refractivity contribution < 1.29 is 8.42 Å². The lowest BCUT2D eigenvalue weighted by molar-refractivity contribution is 0.585. The van der Waals surface area contributed by atoms with Gasteiger partial charge in [0.2, 0.25) is 0 Å². The fraction of sp³-hybridized carbons (Fsp3) is 0.188. The number of benzene rings is 2. The molecule has 1 N–H and O–H groups in total. The van der Waals surface area contributed by atoms with E-state index in [9.17, 15) is 8.42 Å². The molecule has 2 aromatic carbocycles. The third kappa shape index (κ3) is 3.88. The molecule has 3 rings (SSSR count). The van der Waals surface area contributed by atoms with E-state index in [1.54, 1.807) is 42.5 Å². The molecule has 0 radical (unpaired) electrons. The number of halogens is 1. The first-order chi connectivity index (χ1) is 11.1. The van der Waals surface area contributed by atoms with Crippen molar-refractivity contribution in [3.63, 3.8) is 0 Å². The van der Waals surface area contributed by atoms with E-state index >= 15 is 0 Å². The Morgan fingerprint density at radius 3 is 2.57 bits per heavy atom. The number of anilines is 1. The zero-order chi connectivity index (χ0) is 16.3. The van der Waals surface area contributed by atoms with Gasteiger partial charge in [-0.2, -0.15) is 0 Å². The summed E-state index contributed by atoms with van der Waals surface area (Å²) in [5.41, 5.74) is 0.841. The Bertz CT molecular complexity index is 823. The third-order valence-electron chi connectivity index (χ3n) is 3.43. The Kier molecular flexibility index (Phi) is 4.94. The molecule has 0 amide bonds. The standard InChI is InChI=1S/C16H15ClN2O2S2/c17-12-5-4-6-13(9-12)19-16-18-10-15(11-22-16)23(20,21)14-7-2-1-3-8-14/h1-9,15H,10-11H2,(H,18,19). The molecular formula is C16H15ClN2O2S2. The molecule has 120 valence electrons. The molecule has 0 saturated heterocycles. The van der Waals surface area contributed by atoms with E-state index in [4.69, 9.17) is 11.6 Å². The third-order valence-corrected chi connectivity index (χ3v) is 7.07. The van der Waals surface area contributed by atoms with Crippen molar-refractivity contribution in [2.45, 2.75) is 10.1 Å². The molecule has 0 aromatic heterocycles. The van der Waals surface area contributed by atoms with E-state index in [0.29, 0.717) is 20.8 Å². The quantitative estimate of drug-likeness (QED) is 0.899. The molecule has 2 aromatic rings. The molecule has 0 spiro atoms. The Hall–Kier alpha value is -1.50. The van der Waals surface area contributed by atoms with Gasteiger partial charge in [-0.3, -0.25) is 4.99 Å². The molecule has 1 aliphatic rings. The smallest absolute Gasteiger partial charge is 0.183 e. The van der Waals surface area contributed by atoms with Crippen molar-refractivity contribution in [1.29, 1.82) is 0 Å². The van der Waals surface area contributed by atoms with Gasteiger partial charge in [0.25, 0.3) is 0 Å². The second-order valence-electron chi connectivity index (χ2n) is 5.07. The molecule has 7 heteroatoms. The molecule has 1 heterocycles. The normalized spacial score (nSPS) is 18.3. The number of sulfone groups is 1. The summed E-state index contributed by atoms with van der Waals surface area (Å²) in [6.45, 7) is 0.257. The summed E-state index contributed by atoms with van der Waals surface area (Å²) in [6, 6.07) is 15.9. The highest BCUT2D eigenvalue weighted by molar-refractivity contribution is 8.14. The van der Waals surface area contributed by atoms with Crippen molar-refractivity contribution in [2.24, 2.45) is 4.99 Å². The maximum absolute atomic E-state index is 12.6. The minimum atomic E-state index is -3.34. The molecular weight excluding hydrogens is 352 g/mol. The van der Waals surface area contributed by atoms with Crippen molar-refractivity contribution in [1.82, 2.24) is 0 Å². The second-order valence-corrected chi connectivity index (χ2v) is 8.75. The minimum absolute atomic E-state index is 0.257.